The van der Waals surface area contributed by atoms with Gasteiger partial charge in [0.25, 0.3) is 0 Å². The molecule has 0 unspecified atom stereocenters. The third-order valence-corrected chi connectivity index (χ3v) is 3.45. The molecule has 0 aliphatic heterocycles. The average Bonchev–Trinajstić information content (AvgIpc) is 2.69. The third kappa shape index (κ3) is 16.6. The number of hydrogen-bond acceptors (Lipinski definition) is 8. The summed E-state index contributed by atoms with van der Waals surface area (Å²) in [5.74, 6) is -0.648. The Kier molecular flexibility index (Phi) is 18.0. The molecule has 10 heteroatoms. The number of nitrogens with zero attached hydrogens (tertiary/aromatic N) is 4. The maximum absolute atomic E-state index is 10.4. The maximum Gasteiger partial charge on any atom is 2.00 e. The number of hydrogen-bond donors (Lipinski definition) is 0. The molecule has 0 N–H and O–H groups in total. The van der Waals surface area contributed by atoms with E-state index in [1.54, 1.807) is 76.2 Å². The average molecular weight is 638 g/mol. The van der Waals surface area contributed by atoms with Crippen LogP contribution in [0.2, 0.25) is 0 Å². The zero-order valence-electron chi connectivity index (χ0n) is 19.0. The van der Waals surface area contributed by atoms with Crippen LogP contribution in [0.5, 0.6) is 23.5 Å². The molecule has 0 aliphatic rings. The minimum atomic E-state index is -0.162. The van der Waals surface area contributed by atoms with Crippen molar-refractivity contribution < 1.29 is 59.4 Å². The van der Waals surface area contributed by atoms with Crippen molar-refractivity contribution in [1.82, 2.24) is 19.9 Å². The van der Waals surface area contributed by atoms with Crippen LogP contribution >= 0.6 is 0 Å². The van der Waals surface area contributed by atoms with E-state index < -0.39 is 0 Å². The normalized spacial score (nSPS) is 8.59. The fourth-order valence-electron chi connectivity index (χ4n) is 2.07. The van der Waals surface area contributed by atoms with Crippen molar-refractivity contribution in [1.29, 1.82) is 0 Å². The summed E-state index contributed by atoms with van der Waals surface area (Å²) in [5, 5.41) is 41.5. The minimum Gasteiger partial charge on any atom is -0.859 e. The molecule has 8 nitrogen and oxygen atoms in total. The van der Waals surface area contributed by atoms with Gasteiger partial charge in [0.1, 0.15) is 0 Å². The molecular formula is C24H24N4O4Rh2. The smallest absolute Gasteiger partial charge is 0.859 e. The predicted octanol–water partition coefficient (Wildman–Crippen LogP) is 1.85. The molecule has 182 valence electrons. The van der Waals surface area contributed by atoms with Gasteiger partial charge in [-0.25, -0.2) is 0 Å². The van der Waals surface area contributed by atoms with Gasteiger partial charge in [-0.15, -0.1) is 0 Å². The molecule has 0 amide bonds. The molecule has 0 aliphatic carbocycles. The van der Waals surface area contributed by atoms with Crippen LogP contribution in [0.3, 0.4) is 0 Å². The second-order valence-corrected chi connectivity index (χ2v) is 6.47. The Morgan fingerprint density at radius 2 is 0.559 bits per heavy atom. The number of aromatic nitrogens is 4. The van der Waals surface area contributed by atoms with Crippen molar-refractivity contribution in [2.75, 3.05) is 0 Å². The van der Waals surface area contributed by atoms with Crippen LogP contribution < -0.4 is 20.4 Å². The van der Waals surface area contributed by atoms with E-state index in [4.69, 9.17) is 0 Å². The summed E-state index contributed by atoms with van der Waals surface area (Å²) >= 11 is 0. The molecule has 4 rings (SSSR count). The van der Waals surface area contributed by atoms with Gasteiger partial charge in [0.05, 0.1) is 0 Å². The molecule has 2 radical (unpaired) electrons. The van der Waals surface area contributed by atoms with E-state index in [0.29, 0.717) is 0 Å². The van der Waals surface area contributed by atoms with E-state index in [1.807, 2.05) is 0 Å². The summed E-state index contributed by atoms with van der Waals surface area (Å²) in [5.41, 5.74) is 3.10. The van der Waals surface area contributed by atoms with Gasteiger partial charge < -0.3 is 20.4 Å². The Labute approximate surface area is 225 Å². The topological polar surface area (TPSA) is 144 Å². The SMILES string of the molecule is Cc1cccc([O-])n1.Cc1cccc([O-])n1.Cc1cccc([O-])n1.Cc1cccc([O-])n1.[Rh+2].[Rh+2]. The molecule has 0 aromatic carbocycles. The molecule has 0 spiro atoms. The quantitative estimate of drug-likeness (QED) is 0.266. The van der Waals surface area contributed by atoms with Crippen LogP contribution in [-0.2, 0) is 39.0 Å². The van der Waals surface area contributed by atoms with Gasteiger partial charge in [-0.1, -0.05) is 48.5 Å². The van der Waals surface area contributed by atoms with Gasteiger partial charge in [0, 0.05) is 22.8 Å². The number of aryl methyl sites for hydroxylation is 4. The molecule has 0 atom stereocenters. The van der Waals surface area contributed by atoms with Gasteiger partial charge in [-0.05, 0) is 75.5 Å². The summed E-state index contributed by atoms with van der Waals surface area (Å²) in [6.07, 6.45) is 0. The number of rotatable bonds is 0. The monoisotopic (exact) mass is 638 g/mol. The maximum atomic E-state index is 10.4. The van der Waals surface area contributed by atoms with Crippen LogP contribution in [0.15, 0.2) is 72.8 Å². The Bertz CT molecular complexity index is 859. The van der Waals surface area contributed by atoms with E-state index in [-0.39, 0.29) is 62.5 Å². The molecule has 34 heavy (non-hydrogen) atoms. The van der Waals surface area contributed by atoms with Crippen LogP contribution in [0.25, 0.3) is 0 Å². The molecule has 0 fully saturated rings. The molecule has 4 aromatic heterocycles. The number of pyridine rings is 4. The van der Waals surface area contributed by atoms with Gasteiger partial charge >= 0.3 is 39.0 Å². The Hall–Kier alpha value is -2.95. The Morgan fingerprint density at radius 3 is 0.647 bits per heavy atom. The summed E-state index contributed by atoms with van der Waals surface area (Å²) in [6.45, 7) is 7.17. The zero-order valence-corrected chi connectivity index (χ0v) is 22.3. The first-order valence-corrected chi connectivity index (χ1v) is 9.58. The third-order valence-electron chi connectivity index (χ3n) is 3.45. The van der Waals surface area contributed by atoms with Crippen LogP contribution in [0, 0.1) is 27.7 Å². The van der Waals surface area contributed by atoms with Crippen LogP contribution in [0.4, 0.5) is 0 Å². The summed E-state index contributed by atoms with van der Waals surface area (Å²) in [4.78, 5) is 14.5. The van der Waals surface area contributed by atoms with Crippen molar-refractivity contribution in [3.8, 4) is 23.5 Å². The molecule has 4 heterocycles. The second kappa shape index (κ2) is 18.5. The molecule has 0 saturated heterocycles. The van der Waals surface area contributed by atoms with E-state index in [9.17, 15) is 20.4 Å². The second-order valence-electron chi connectivity index (χ2n) is 6.47. The Morgan fingerprint density at radius 1 is 0.382 bits per heavy atom. The fourth-order valence-corrected chi connectivity index (χ4v) is 2.07. The Balaban J connectivity index is 0. The van der Waals surface area contributed by atoms with Gasteiger partial charge in [-0.2, -0.15) is 0 Å². The van der Waals surface area contributed by atoms with Crippen LogP contribution in [-0.4, -0.2) is 19.9 Å². The largest absolute Gasteiger partial charge is 2.00 e. The van der Waals surface area contributed by atoms with Crippen LogP contribution in [0.1, 0.15) is 22.8 Å². The first-order chi connectivity index (χ1) is 15.2. The van der Waals surface area contributed by atoms with Gasteiger partial charge in [0.2, 0.25) is 0 Å². The van der Waals surface area contributed by atoms with Crippen molar-refractivity contribution in [2.24, 2.45) is 0 Å². The standard InChI is InChI=1S/4C6H7NO.2Rh/c4*1-5-3-2-4-6(8)7-5;;/h4*2-4H,1H3,(H,7,8);;/q;;;;2*+2/p-4. The molecular weight excluding hydrogens is 614 g/mol. The van der Waals surface area contributed by atoms with Gasteiger partial charge in [-0.3, -0.25) is 19.9 Å². The van der Waals surface area contributed by atoms with Crippen molar-refractivity contribution in [3.05, 3.63) is 95.6 Å². The summed E-state index contributed by atoms with van der Waals surface area (Å²) in [7, 11) is 0. The summed E-state index contributed by atoms with van der Waals surface area (Å²) < 4.78 is 0. The van der Waals surface area contributed by atoms with Gasteiger partial charge in [0.15, 0.2) is 0 Å². The fraction of sp³-hybridized carbons (Fsp3) is 0.167. The van der Waals surface area contributed by atoms with E-state index in [0.717, 1.165) is 22.8 Å². The summed E-state index contributed by atoms with van der Waals surface area (Å²) in [6, 6.07) is 19.7. The van der Waals surface area contributed by atoms with E-state index >= 15 is 0 Å². The van der Waals surface area contributed by atoms with E-state index in [2.05, 4.69) is 19.9 Å². The molecule has 0 saturated carbocycles. The van der Waals surface area contributed by atoms with Crippen molar-refractivity contribution >= 4 is 0 Å². The first kappa shape index (κ1) is 33.2. The zero-order chi connectivity index (χ0) is 23.9. The van der Waals surface area contributed by atoms with Crippen molar-refractivity contribution in [2.45, 2.75) is 27.7 Å². The van der Waals surface area contributed by atoms with Crippen molar-refractivity contribution in [3.63, 3.8) is 0 Å². The predicted molar refractivity (Wildman–Crippen MR) is 114 cm³/mol. The minimum absolute atomic E-state index is 0. The van der Waals surface area contributed by atoms with E-state index in [1.165, 1.54) is 24.3 Å². The first-order valence-electron chi connectivity index (χ1n) is 9.58. The molecule has 0 bridgehead atoms. The molecule has 4 aromatic rings.